The first-order valence-corrected chi connectivity index (χ1v) is 6.43. The number of fused-ring (bicyclic) bond motifs is 1. The number of hydrogen-bond acceptors (Lipinski definition) is 3. The molecule has 0 saturated heterocycles. The van der Waals surface area contributed by atoms with Gasteiger partial charge in [0.25, 0.3) is 0 Å². The van der Waals surface area contributed by atoms with Crippen LogP contribution >= 0.6 is 0 Å². The van der Waals surface area contributed by atoms with E-state index < -0.39 is 11.5 Å². The van der Waals surface area contributed by atoms with Gasteiger partial charge in [0.2, 0.25) is 0 Å². The molecule has 5 nitrogen and oxygen atoms in total. The van der Waals surface area contributed by atoms with Crippen LogP contribution in [-0.4, -0.2) is 28.3 Å². The van der Waals surface area contributed by atoms with Crippen molar-refractivity contribution < 1.29 is 14.6 Å². The Labute approximate surface area is 117 Å². The summed E-state index contributed by atoms with van der Waals surface area (Å²) in [4.78, 5) is 11.6. The predicted molar refractivity (Wildman–Crippen MR) is 78.5 cm³/mol. The maximum Gasteiger partial charge on any atom is 0.356 e. The molecule has 0 fully saturated rings. The third-order valence-electron chi connectivity index (χ3n) is 3.14. The number of nitrogens with zero attached hydrogens (tertiary/aromatic N) is 1. The number of methoxy groups -OCH3 is 1. The molecule has 20 heavy (non-hydrogen) atoms. The zero-order valence-corrected chi connectivity index (χ0v) is 12.2. The molecule has 0 saturated carbocycles. The number of aromatic carboxylic acids is 1. The van der Waals surface area contributed by atoms with Crippen LogP contribution in [0.15, 0.2) is 18.2 Å². The van der Waals surface area contributed by atoms with E-state index in [0.29, 0.717) is 12.3 Å². The van der Waals surface area contributed by atoms with Crippen molar-refractivity contribution in [2.45, 2.75) is 32.9 Å². The molecule has 0 radical (unpaired) electrons. The van der Waals surface area contributed by atoms with E-state index in [1.54, 1.807) is 4.57 Å². The highest BCUT2D eigenvalue weighted by atomic mass is 16.5. The van der Waals surface area contributed by atoms with Gasteiger partial charge in [0.05, 0.1) is 12.6 Å². The summed E-state index contributed by atoms with van der Waals surface area (Å²) in [5.74, 6) is -0.625. The van der Waals surface area contributed by atoms with Gasteiger partial charge in [-0.25, -0.2) is 4.79 Å². The lowest BCUT2D eigenvalue weighted by molar-refractivity contribution is 0.0681. The van der Waals surface area contributed by atoms with E-state index in [1.807, 2.05) is 39.0 Å². The van der Waals surface area contributed by atoms with Crippen molar-refractivity contribution in [2.75, 3.05) is 7.11 Å². The minimum Gasteiger partial charge on any atom is -0.494 e. The number of benzene rings is 1. The van der Waals surface area contributed by atoms with E-state index in [2.05, 4.69) is 0 Å². The van der Waals surface area contributed by atoms with Crippen LogP contribution in [0.5, 0.6) is 5.75 Å². The summed E-state index contributed by atoms with van der Waals surface area (Å²) in [5, 5.41) is 10.3. The molecule has 0 atom stereocenters. The van der Waals surface area contributed by atoms with E-state index >= 15 is 0 Å². The SMILES string of the molecule is COc1c(C(=O)O)n(CC(C)(C)N)c2ccc(C)cc12. The molecular weight excluding hydrogens is 256 g/mol. The van der Waals surface area contributed by atoms with Gasteiger partial charge >= 0.3 is 5.97 Å². The quantitative estimate of drug-likeness (QED) is 0.899. The summed E-state index contributed by atoms with van der Waals surface area (Å²) < 4.78 is 7.05. The van der Waals surface area contributed by atoms with Gasteiger partial charge in [-0.2, -0.15) is 0 Å². The molecule has 0 amide bonds. The van der Waals surface area contributed by atoms with Crippen molar-refractivity contribution >= 4 is 16.9 Å². The standard InChI is InChI=1S/C15H20N2O3/c1-9-5-6-11-10(7-9)13(20-4)12(14(18)19)17(11)8-15(2,3)16/h5-7H,8,16H2,1-4H3,(H,18,19). The van der Waals surface area contributed by atoms with Gasteiger partial charge in [0, 0.05) is 17.5 Å². The Hall–Kier alpha value is -2.01. The highest BCUT2D eigenvalue weighted by molar-refractivity contribution is 6.01. The normalized spacial score (nSPS) is 11.8. The molecular formula is C15H20N2O3. The van der Waals surface area contributed by atoms with Gasteiger partial charge in [0.1, 0.15) is 0 Å². The summed E-state index contributed by atoms with van der Waals surface area (Å²) >= 11 is 0. The van der Waals surface area contributed by atoms with E-state index in [9.17, 15) is 9.90 Å². The Morgan fingerprint density at radius 2 is 2.10 bits per heavy atom. The van der Waals surface area contributed by atoms with E-state index in [0.717, 1.165) is 16.5 Å². The molecule has 108 valence electrons. The first kappa shape index (κ1) is 14.4. The molecule has 2 rings (SSSR count). The van der Waals surface area contributed by atoms with Crippen LogP contribution in [0.3, 0.4) is 0 Å². The van der Waals surface area contributed by atoms with E-state index in [-0.39, 0.29) is 5.69 Å². The minimum absolute atomic E-state index is 0.145. The van der Waals surface area contributed by atoms with Gasteiger partial charge in [0.15, 0.2) is 11.4 Å². The van der Waals surface area contributed by atoms with Crippen LogP contribution in [0.2, 0.25) is 0 Å². The molecule has 5 heteroatoms. The summed E-state index contributed by atoms with van der Waals surface area (Å²) in [6.07, 6.45) is 0. The molecule has 0 aliphatic carbocycles. The number of carboxylic acid groups (broad SMARTS) is 1. The van der Waals surface area contributed by atoms with Crippen molar-refractivity contribution in [3.05, 3.63) is 29.5 Å². The van der Waals surface area contributed by atoms with Gasteiger partial charge in [-0.15, -0.1) is 0 Å². The molecule has 0 bridgehead atoms. The molecule has 1 aromatic carbocycles. The second-order valence-electron chi connectivity index (χ2n) is 5.78. The van der Waals surface area contributed by atoms with Crippen molar-refractivity contribution in [1.29, 1.82) is 0 Å². The van der Waals surface area contributed by atoms with Crippen molar-refractivity contribution in [1.82, 2.24) is 4.57 Å². The van der Waals surface area contributed by atoms with Crippen LogP contribution in [0.25, 0.3) is 10.9 Å². The average Bonchev–Trinajstić information content (AvgIpc) is 2.60. The van der Waals surface area contributed by atoms with E-state index in [1.165, 1.54) is 7.11 Å². The third-order valence-corrected chi connectivity index (χ3v) is 3.14. The Bertz CT molecular complexity index is 666. The predicted octanol–water partition coefficient (Wildman–Crippen LogP) is 2.39. The van der Waals surface area contributed by atoms with Gasteiger partial charge in [-0.3, -0.25) is 0 Å². The lowest BCUT2D eigenvalue weighted by Gasteiger charge is -2.21. The fourth-order valence-corrected chi connectivity index (χ4v) is 2.43. The lowest BCUT2D eigenvalue weighted by atomic mass is 10.1. The van der Waals surface area contributed by atoms with Crippen molar-refractivity contribution in [3.63, 3.8) is 0 Å². The van der Waals surface area contributed by atoms with Gasteiger partial charge in [-0.1, -0.05) is 11.6 Å². The lowest BCUT2D eigenvalue weighted by Crippen LogP contribution is -2.37. The Balaban J connectivity index is 2.82. The molecule has 0 spiro atoms. The summed E-state index contributed by atoms with van der Waals surface area (Å²) in [7, 11) is 1.49. The molecule has 0 aliphatic rings. The average molecular weight is 276 g/mol. The number of aromatic nitrogens is 1. The molecule has 0 unspecified atom stereocenters. The van der Waals surface area contributed by atoms with E-state index in [4.69, 9.17) is 10.5 Å². The van der Waals surface area contributed by atoms with Crippen LogP contribution in [-0.2, 0) is 6.54 Å². The zero-order chi connectivity index (χ0) is 15.1. The Kier molecular flexibility index (Phi) is 3.48. The number of ether oxygens (including phenoxy) is 1. The number of hydrogen-bond donors (Lipinski definition) is 2. The Morgan fingerprint density at radius 1 is 1.45 bits per heavy atom. The molecule has 1 aromatic heterocycles. The second kappa shape index (κ2) is 4.83. The second-order valence-corrected chi connectivity index (χ2v) is 5.78. The zero-order valence-electron chi connectivity index (χ0n) is 12.2. The van der Waals surface area contributed by atoms with Crippen molar-refractivity contribution in [3.8, 4) is 5.75 Å². The summed E-state index contributed by atoms with van der Waals surface area (Å²) in [6, 6.07) is 5.79. The third kappa shape index (κ3) is 2.49. The van der Waals surface area contributed by atoms with Crippen molar-refractivity contribution in [2.24, 2.45) is 5.73 Å². The van der Waals surface area contributed by atoms with Crippen LogP contribution in [0.1, 0.15) is 29.9 Å². The molecule has 3 N–H and O–H groups in total. The molecule has 2 aromatic rings. The maximum atomic E-state index is 11.6. The number of carbonyl (C=O) groups is 1. The van der Waals surface area contributed by atoms with Crippen LogP contribution < -0.4 is 10.5 Å². The minimum atomic E-state index is -1.01. The number of rotatable bonds is 4. The fourth-order valence-electron chi connectivity index (χ4n) is 2.43. The summed E-state index contributed by atoms with van der Waals surface area (Å²) in [6.45, 7) is 6.09. The fraction of sp³-hybridized carbons (Fsp3) is 0.400. The number of nitrogens with two attached hydrogens (primary N) is 1. The van der Waals surface area contributed by atoms with Gasteiger partial charge in [-0.05, 0) is 32.9 Å². The summed E-state index contributed by atoms with van der Waals surface area (Å²) in [5.41, 5.74) is 7.55. The number of carboxylic acids is 1. The van der Waals surface area contributed by atoms with Crippen LogP contribution in [0.4, 0.5) is 0 Å². The maximum absolute atomic E-state index is 11.6. The number of aryl methyl sites for hydroxylation is 1. The molecule has 1 heterocycles. The highest BCUT2D eigenvalue weighted by Crippen LogP contribution is 2.34. The first-order valence-electron chi connectivity index (χ1n) is 6.43. The first-order chi connectivity index (χ1) is 9.24. The highest BCUT2D eigenvalue weighted by Gasteiger charge is 2.26. The van der Waals surface area contributed by atoms with Gasteiger partial charge < -0.3 is 20.1 Å². The largest absolute Gasteiger partial charge is 0.494 e. The molecule has 0 aliphatic heterocycles. The smallest absolute Gasteiger partial charge is 0.356 e. The van der Waals surface area contributed by atoms with Crippen LogP contribution in [0, 0.1) is 6.92 Å². The Morgan fingerprint density at radius 3 is 2.60 bits per heavy atom. The monoisotopic (exact) mass is 276 g/mol. The topological polar surface area (TPSA) is 77.5 Å².